The highest BCUT2D eigenvalue weighted by Crippen LogP contribution is 2.38. The van der Waals surface area contributed by atoms with E-state index < -0.39 is 0 Å². The van der Waals surface area contributed by atoms with Crippen LogP contribution in [0, 0.1) is 5.92 Å². The fraction of sp³-hybridized carbons (Fsp3) is 0.500. The van der Waals surface area contributed by atoms with E-state index in [4.69, 9.17) is 0 Å². The van der Waals surface area contributed by atoms with E-state index in [1.165, 1.54) is 24.0 Å². The Morgan fingerprint density at radius 1 is 1.11 bits per heavy atom. The van der Waals surface area contributed by atoms with E-state index in [1.54, 1.807) is 6.07 Å². The quantitative estimate of drug-likeness (QED) is 0.755. The maximum absolute atomic E-state index is 9.95. The van der Waals surface area contributed by atoms with Crippen LogP contribution >= 0.6 is 0 Å². The minimum atomic E-state index is 0.381. The topological polar surface area (TPSA) is 26.7 Å². The number of hydrogen-bond donors (Lipinski definition) is 1. The predicted molar refractivity (Wildman–Crippen MR) is 113 cm³/mol. The van der Waals surface area contributed by atoms with Gasteiger partial charge in [-0.1, -0.05) is 55.8 Å². The number of likely N-dealkylation sites (tertiary alicyclic amines) is 1. The van der Waals surface area contributed by atoms with Crippen molar-refractivity contribution in [3.63, 3.8) is 0 Å². The summed E-state index contributed by atoms with van der Waals surface area (Å²) in [6.45, 7) is 5.58. The SMILES string of the molecule is CCCC(c1ccccc1)N1CCC(c2cccc(O)c2)C(CN(C)C)C1. The second-order valence-electron chi connectivity index (χ2n) is 8.22. The molecule has 146 valence electrons. The van der Waals surface area contributed by atoms with Crippen LogP contribution < -0.4 is 0 Å². The van der Waals surface area contributed by atoms with Crippen molar-refractivity contribution in [3.05, 3.63) is 65.7 Å². The van der Waals surface area contributed by atoms with Crippen molar-refractivity contribution >= 4 is 0 Å². The molecule has 1 heterocycles. The van der Waals surface area contributed by atoms with Crippen LogP contribution in [0.2, 0.25) is 0 Å². The molecular formula is C24H34N2O. The third-order valence-electron chi connectivity index (χ3n) is 5.85. The van der Waals surface area contributed by atoms with Gasteiger partial charge in [-0.15, -0.1) is 0 Å². The smallest absolute Gasteiger partial charge is 0.115 e. The summed E-state index contributed by atoms with van der Waals surface area (Å²) >= 11 is 0. The van der Waals surface area contributed by atoms with Crippen LogP contribution in [0.4, 0.5) is 0 Å². The molecule has 0 aliphatic carbocycles. The molecule has 3 heteroatoms. The average Bonchev–Trinajstić information content (AvgIpc) is 2.66. The molecule has 0 spiro atoms. The zero-order valence-corrected chi connectivity index (χ0v) is 17.0. The van der Waals surface area contributed by atoms with Gasteiger partial charge < -0.3 is 10.0 Å². The van der Waals surface area contributed by atoms with Crippen LogP contribution in [0.15, 0.2) is 54.6 Å². The molecule has 0 aromatic heterocycles. The number of nitrogens with zero attached hydrogens (tertiary/aromatic N) is 2. The molecule has 1 aliphatic rings. The van der Waals surface area contributed by atoms with Crippen LogP contribution in [0.1, 0.15) is 49.3 Å². The molecule has 1 saturated heterocycles. The van der Waals surface area contributed by atoms with Gasteiger partial charge in [0.05, 0.1) is 0 Å². The van der Waals surface area contributed by atoms with E-state index in [-0.39, 0.29) is 0 Å². The molecule has 1 N–H and O–H groups in total. The van der Waals surface area contributed by atoms with Gasteiger partial charge in [-0.25, -0.2) is 0 Å². The lowest BCUT2D eigenvalue weighted by Gasteiger charge is -2.43. The number of piperidine rings is 1. The van der Waals surface area contributed by atoms with Gasteiger partial charge in [-0.2, -0.15) is 0 Å². The van der Waals surface area contributed by atoms with Crippen LogP contribution in [0.3, 0.4) is 0 Å². The summed E-state index contributed by atoms with van der Waals surface area (Å²) in [4.78, 5) is 5.01. The molecule has 27 heavy (non-hydrogen) atoms. The van der Waals surface area contributed by atoms with E-state index in [0.717, 1.165) is 26.1 Å². The lowest BCUT2D eigenvalue weighted by molar-refractivity contribution is 0.0874. The number of hydrogen-bond acceptors (Lipinski definition) is 3. The third kappa shape index (κ3) is 5.12. The molecule has 1 fully saturated rings. The van der Waals surface area contributed by atoms with Crippen LogP contribution in [0.5, 0.6) is 5.75 Å². The highest BCUT2D eigenvalue weighted by molar-refractivity contribution is 5.31. The van der Waals surface area contributed by atoms with Gasteiger partial charge in [-0.3, -0.25) is 4.90 Å². The van der Waals surface area contributed by atoms with E-state index in [0.29, 0.717) is 23.6 Å². The average molecular weight is 367 g/mol. The van der Waals surface area contributed by atoms with Gasteiger partial charge in [0.1, 0.15) is 5.75 Å². The summed E-state index contributed by atoms with van der Waals surface area (Å²) in [5.74, 6) is 1.46. The van der Waals surface area contributed by atoms with Crippen LogP contribution in [-0.4, -0.2) is 48.6 Å². The minimum absolute atomic E-state index is 0.381. The molecule has 2 aromatic rings. The summed E-state index contributed by atoms with van der Waals surface area (Å²) < 4.78 is 0. The standard InChI is InChI=1S/C24H34N2O/c1-4-9-24(19-10-6-5-7-11-19)26-15-14-23(21(18-26)17-25(2)3)20-12-8-13-22(27)16-20/h5-8,10-13,16,21,23-24,27H,4,9,14-15,17-18H2,1-3H3. The van der Waals surface area contributed by atoms with Crippen molar-refractivity contribution < 1.29 is 5.11 Å². The summed E-state index contributed by atoms with van der Waals surface area (Å²) in [7, 11) is 4.33. The molecule has 3 nitrogen and oxygen atoms in total. The Kier molecular flexibility index (Phi) is 6.92. The van der Waals surface area contributed by atoms with Crippen LogP contribution in [0.25, 0.3) is 0 Å². The molecular weight excluding hydrogens is 332 g/mol. The number of rotatable bonds is 7. The van der Waals surface area contributed by atoms with Gasteiger partial charge in [0, 0.05) is 19.1 Å². The van der Waals surface area contributed by atoms with Crippen molar-refractivity contribution in [2.45, 2.75) is 38.1 Å². The Bertz CT molecular complexity index is 701. The van der Waals surface area contributed by atoms with Crippen molar-refractivity contribution in [1.29, 1.82) is 0 Å². The molecule has 0 saturated carbocycles. The molecule has 1 aliphatic heterocycles. The van der Waals surface area contributed by atoms with Gasteiger partial charge in [0.25, 0.3) is 0 Å². The lowest BCUT2D eigenvalue weighted by Crippen LogP contribution is -2.44. The Morgan fingerprint density at radius 3 is 2.56 bits per heavy atom. The summed E-state index contributed by atoms with van der Waals surface area (Å²) in [6.07, 6.45) is 3.55. The largest absolute Gasteiger partial charge is 0.508 e. The van der Waals surface area contributed by atoms with Crippen molar-refractivity contribution in [2.24, 2.45) is 5.92 Å². The Labute approximate surface area is 164 Å². The van der Waals surface area contributed by atoms with Gasteiger partial charge in [0.2, 0.25) is 0 Å². The van der Waals surface area contributed by atoms with E-state index in [1.807, 2.05) is 12.1 Å². The molecule has 3 atom stereocenters. The maximum atomic E-state index is 9.95. The fourth-order valence-electron chi connectivity index (χ4n) is 4.70. The highest BCUT2D eigenvalue weighted by atomic mass is 16.3. The third-order valence-corrected chi connectivity index (χ3v) is 5.85. The molecule has 0 radical (unpaired) electrons. The lowest BCUT2D eigenvalue weighted by atomic mass is 9.79. The molecule has 0 bridgehead atoms. The number of aromatic hydroxyl groups is 1. The van der Waals surface area contributed by atoms with Gasteiger partial charge >= 0.3 is 0 Å². The van der Waals surface area contributed by atoms with Crippen LogP contribution in [-0.2, 0) is 0 Å². The molecule has 3 rings (SSSR count). The minimum Gasteiger partial charge on any atom is -0.508 e. The van der Waals surface area contributed by atoms with Crippen molar-refractivity contribution in [1.82, 2.24) is 9.80 Å². The number of phenols is 1. The zero-order chi connectivity index (χ0) is 19.2. The molecule has 2 aromatic carbocycles. The Hall–Kier alpha value is -1.84. The first kappa shape index (κ1) is 19.9. The van der Waals surface area contributed by atoms with E-state index in [9.17, 15) is 5.11 Å². The monoisotopic (exact) mass is 366 g/mol. The second-order valence-corrected chi connectivity index (χ2v) is 8.22. The maximum Gasteiger partial charge on any atom is 0.115 e. The Balaban J connectivity index is 1.82. The van der Waals surface area contributed by atoms with Crippen molar-refractivity contribution in [3.8, 4) is 5.75 Å². The van der Waals surface area contributed by atoms with E-state index in [2.05, 4.69) is 67.2 Å². The first-order valence-corrected chi connectivity index (χ1v) is 10.3. The molecule has 0 amide bonds. The number of phenolic OH excluding ortho intramolecular Hbond substituents is 1. The predicted octanol–water partition coefficient (Wildman–Crippen LogP) is 4.90. The van der Waals surface area contributed by atoms with Crippen molar-refractivity contribution in [2.75, 3.05) is 33.7 Å². The fourth-order valence-corrected chi connectivity index (χ4v) is 4.70. The highest BCUT2D eigenvalue weighted by Gasteiger charge is 2.33. The Morgan fingerprint density at radius 2 is 1.89 bits per heavy atom. The first-order valence-electron chi connectivity index (χ1n) is 10.3. The summed E-state index contributed by atoms with van der Waals surface area (Å²) in [5, 5.41) is 9.95. The number of benzene rings is 2. The van der Waals surface area contributed by atoms with E-state index >= 15 is 0 Å². The van der Waals surface area contributed by atoms with Gasteiger partial charge in [-0.05, 0) is 68.6 Å². The summed E-state index contributed by atoms with van der Waals surface area (Å²) in [6, 6.07) is 19.4. The molecule has 3 unspecified atom stereocenters. The normalized spacial score (nSPS) is 22.1. The summed E-state index contributed by atoms with van der Waals surface area (Å²) in [5.41, 5.74) is 2.73. The zero-order valence-electron chi connectivity index (χ0n) is 17.0. The van der Waals surface area contributed by atoms with Gasteiger partial charge in [0.15, 0.2) is 0 Å². The second kappa shape index (κ2) is 9.38. The first-order chi connectivity index (χ1) is 13.1.